The van der Waals surface area contributed by atoms with Gasteiger partial charge in [0.25, 0.3) is 0 Å². The molecule has 2 aliphatic rings. The van der Waals surface area contributed by atoms with Crippen LogP contribution in [0.2, 0.25) is 0 Å². The van der Waals surface area contributed by atoms with Crippen molar-refractivity contribution >= 4 is 45.8 Å². The molecule has 0 unspecified atom stereocenters. The maximum absolute atomic E-state index is 14.0. The topological polar surface area (TPSA) is 118 Å². The van der Waals surface area contributed by atoms with Crippen molar-refractivity contribution in [2.45, 2.75) is 44.6 Å². The van der Waals surface area contributed by atoms with Gasteiger partial charge >= 0.3 is 6.03 Å². The molecule has 3 aromatic rings. The highest BCUT2D eigenvalue weighted by Gasteiger charge is 2.51. The zero-order chi connectivity index (χ0) is 29.5. The van der Waals surface area contributed by atoms with Crippen molar-refractivity contribution in [3.05, 3.63) is 77.8 Å². The summed E-state index contributed by atoms with van der Waals surface area (Å²) in [6, 6.07) is 14.4. The average Bonchev–Trinajstić information content (AvgIpc) is 3.48. The summed E-state index contributed by atoms with van der Waals surface area (Å²) in [5.74, 6) is -0.364. The quantitative estimate of drug-likeness (QED) is 0.191. The van der Waals surface area contributed by atoms with E-state index < -0.39 is 12.2 Å². The van der Waals surface area contributed by atoms with Gasteiger partial charge in [0.2, 0.25) is 18.2 Å². The molecule has 3 heterocycles. The Morgan fingerprint density at radius 3 is 2.74 bits per heavy atom. The van der Waals surface area contributed by atoms with E-state index in [2.05, 4.69) is 22.2 Å². The predicted molar refractivity (Wildman–Crippen MR) is 160 cm³/mol. The largest absolute Gasteiger partial charge is 0.359 e. The number of para-hydroxylation sites is 1. The Balaban J connectivity index is 1.45. The van der Waals surface area contributed by atoms with Gasteiger partial charge in [0, 0.05) is 26.2 Å². The first kappa shape index (κ1) is 29.2. The lowest BCUT2D eigenvalue weighted by Crippen LogP contribution is -2.76. The van der Waals surface area contributed by atoms with E-state index in [1.807, 2.05) is 48.5 Å². The van der Waals surface area contributed by atoms with Gasteiger partial charge in [-0.1, -0.05) is 48.5 Å². The minimum absolute atomic E-state index is 0.0457. The molecule has 2 atom stereocenters. The summed E-state index contributed by atoms with van der Waals surface area (Å²) in [5, 5.41) is 8.92. The monoisotopic (exact) mass is 589 g/mol. The first-order chi connectivity index (χ1) is 20.5. The fourth-order valence-corrected chi connectivity index (χ4v) is 6.40. The molecule has 0 radical (unpaired) electrons. The average molecular weight is 590 g/mol. The van der Waals surface area contributed by atoms with Crippen LogP contribution in [0.5, 0.6) is 0 Å². The maximum Gasteiger partial charge on any atom is 0.334 e. The zero-order valence-electron chi connectivity index (χ0n) is 23.4. The van der Waals surface area contributed by atoms with Crippen molar-refractivity contribution < 1.29 is 19.2 Å². The van der Waals surface area contributed by atoms with E-state index >= 15 is 0 Å². The minimum Gasteiger partial charge on any atom is -0.359 e. The van der Waals surface area contributed by atoms with E-state index in [1.165, 1.54) is 11.3 Å². The SMILES string of the molecule is C=CCN1CC(=O)N2[C@@H](CCCCNC=O)C(=O)N(Cc3cccc4scnc34)C[C@@H]2N1C(=O)NCc1ccccc1. The van der Waals surface area contributed by atoms with Gasteiger partial charge in [0.1, 0.15) is 12.2 Å². The molecule has 12 heteroatoms. The van der Waals surface area contributed by atoms with E-state index in [-0.39, 0.29) is 30.9 Å². The van der Waals surface area contributed by atoms with E-state index in [0.29, 0.717) is 51.9 Å². The number of carbonyl (C=O) groups is 4. The van der Waals surface area contributed by atoms with Crippen LogP contribution in [-0.2, 0) is 27.5 Å². The third kappa shape index (κ3) is 6.29. The molecular weight excluding hydrogens is 554 g/mol. The van der Waals surface area contributed by atoms with Crippen LogP contribution in [0.1, 0.15) is 30.4 Å². The number of urea groups is 1. The summed E-state index contributed by atoms with van der Waals surface area (Å²) >= 11 is 1.54. The highest BCUT2D eigenvalue weighted by molar-refractivity contribution is 7.16. The number of benzene rings is 2. The lowest BCUT2D eigenvalue weighted by atomic mass is 10.00. The van der Waals surface area contributed by atoms with Crippen molar-refractivity contribution in [3.63, 3.8) is 0 Å². The number of nitrogens with zero attached hydrogens (tertiary/aromatic N) is 5. The van der Waals surface area contributed by atoms with Crippen LogP contribution in [0.3, 0.4) is 0 Å². The van der Waals surface area contributed by atoms with Crippen LogP contribution in [0.4, 0.5) is 4.79 Å². The van der Waals surface area contributed by atoms with Gasteiger partial charge in [-0.3, -0.25) is 14.4 Å². The third-order valence-corrected chi connectivity index (χ3v) is 8.40. The first-order valence-corrected chi connectivity index (χ1v) is 14.9. The maximum atomic E-state index is 14.0. The summed E-state index contributed by atoms with van der Waals surface area (Å²) in [5.41, 5.74) is 4.49. The Morgan fingerprint density at radius 1 is 1.12 bits per heavy atom. The molecule has 42 heavy (non-hydrogen) atoms. The summed E-state index contributed by atoms with van der Waals surface area (Å²) in [7, 11) is 0. The van der Waals surface area contributed by atoms with Gasteiger partial charge in [-0.15, -0.1) is 17.9 Å². The molecule has 11 nitrogen and oxygen atoms in total. The van der Waals surface area contributed by atoms with Crippen LogP contribution in [0.15, 0.2) is 66.7 Å². The second-order valence-corrected chi connectivity index (χ2v) is 11.2. The van der Waals surface area contributed by atoms with E-state index in [0.717, 1.165) is 21.3 Å². The van der Waals surface area contributed by atoms with Crippen molar-refractivity contribution in [2.24, 2.45) is 0 Å². The third-order valence-electron chi connectivity index (χ3n) is 7.60. The number of hydrazine groups is 1. The number of amides is 5. The van der Waals surface area contributed by atoms with Crippen LogP contribution in [0, 0.1) is 0 Å². The van der Waals surface area contributed by atoms with Crippen molar-refractivity contribution in [1.29, 1.82) is 0 Å². The van der Waals surface area contributed by atoms with Crippen molar-refractivity contribution in [2.75, 3.05) is 26.2 Å². The van der Waals surface area contributed by atoms with E-state index in [9.17, 15) is 19.2 Å². The zero-order valence-corrected chi connectivity index (χ0v) is 24.2. The molecule has 5 amide bonds. The smallest absolute Gasteiger partial charge is 0.334 e. The van der Waals surface area contributed by atoms with Crippen molar-refractivity contribution in [3.8, 4) is 0 Å². The number of rotatable bonds is 12. The lowest BCUT2D eigenvalue weighted by Gasteiger charge is -2.55. The Hall–Kier alpha value is -4.29. The molecule has 2 fully saturated rings. The molecule has 2 N–H and O–H groups in total. The van der Waals surface area contributed by atoms with Crippen LogP contribution in [-0.4, -0.2) is 87.4 Å². The second-order valence-electron chi connectivity index (χ2n) is 10.3. The Bertz CT molecular complexity index is 1430. The fourth-order valence-electron chi connectivity index (χ4n) is 5.68. The number of hydrogen-bond donors (Lipinski definition) is 2. The number of nitrogens with one attached hydrogen (secondary N) is 2. The van der Waals surface area contributed by atoms with Crippen molar-refractivity contribution in [1.82, 2.24) is 35.4 Å². The molecule has 0 bridgehead atoms. The summed E-state index contributed by atoms with van der Waals surface area (Å²) < 4.78 is 1.03. The Morgan fingerprint density at radius 2 is 1.95 bits per heavy atom. The van der Waals surface area contributed by atoms with Gasteiger partial charge in [-0.25, -0.2) is 19.8 Å². The molecule has 2 saturated heterocycles. The van der Waals surface area contributed by atoms with Gasteiger partial charge in [-0.05, 0) is 36.5 Å². The van der Waals surface area contributed by atoms with Gasteiger partial charge < -0.3 is 20.4 Å². The Kier molecular flexibility index (Phi) is 9.45. The van der Waals surface area contributed by atoms with Crippen LogP contribution in [0.25, 0.3) is 10.2 Å². The molecule has 0 saturated carbocycles. The van der Waals surface area contributed by atoms with Crippen LogP contribution < -0.4 is 10.6 Å². The highest BCUT2D eigenvalue weighted by Crippen LogP contribution is 2.31. The molecule has 2 aliphatic heterocycles. The van der Waals surface area contributed by atoms with E-state index in [1.54, 1.807) is 31.4 Å². The molecule has 5 rings (SSSR count). The summed E-state index contributed by atoms with van der Waals surface area (Å²) in [4.78, 5) is 60.0. The molecule has 1 aromatic heterocycles. The molecule has 2 aromatic carbocycles. The normalized spacial score (nSPS) is 19.1. The summed E-state index contributed by atoms with van der Waals surface area (Å²) in [6.45, 7) is 5.35. The van der Waals surface area contributed by atoms with Gasteiger partial charge in [0.15, 0.2) is 0 Å². The number of hydrogen-bond acceptors (Lipinski definition) is 7. The summed E-state index contributed by atoms with van der Waals surface area (Å²) in [6.07, 6.45) is 3.31. The highest BCUT2D eigenvalue weighted by atomic mass is 32.1. The Labute approximate surface area is 248 Å². The number of unbranched alkanes of at least 4 members (excludes halogenated alkanes) is 1. The number of carbonyl (C=O) groups excluding carboxylic acids is 4. The van der Waals surface area contributed by atoms with Gasteiger partial charge in [0.05, 0.1) is 28.8 Å². The van der Waals surface area contributed by atoms with Crippen LogP contribution >= 0.6 is 11.3 Å². The lowest BCUT2D eigenvalue weighted by molar-refractivity contribution is -0.190. The molecular formula is C30H35N7O4S. The number of piperazine rings is 1. The second kappa shape index (κ2) is 13.6. The standard InChI is InChI=1S/C30H35N7O4S/c1-2-15-35-19-27(39)36-24(12-6-7-14-31-20-38)29(40)34(17-23-11-8-13-25-28(23)33-21-42-25)18-26(36)37(35)30(41)32-16-22-9-4-3-5-10-22/h2-5,8-11,13,20-21,24,26H,1,6-7,12,14-19H2,(H,31,38)(H,32,41)/t24-,26-/m0/s1. The predicted octanol–water partition coefficient (Wildman–Crippen LogP) is 2.71. The molecule has 0 spiro atoms. The number of fused-ring (bicyclic) bond motifs is 2. The first-order valence-electron chi connectivity index (χ1n) is 14.1. The molecule has 220 valence electrons. The fraction of sp³-hybridized carbons (Fsp3) is 0.367. The number of thiazole rings is 1. The molecule has 0 aliphatic carbocycles. The number of aromatic nitrogens is 1. The van der Waals surface area contributed by atoms with Gasteiger partial charge in [-0.2, -0.15) is 0 Å². The van der Waals surface area contributed by atoms with E-state index in [4.69, 9.17) is 0 Å². The minimum atomic E-state index is -0.738.